The summed E-state index contributed by atoms with van der Waals surface area (Å²) in [5.41, 5.74) is 6.78. The highest BCUT2D eigenvalue weighted by atomic mass is 19.3. The van der Waals surface area contributed by atoms with Crippen molar-refractivity contribution in [1.29, 1.82) is 0 Å². The topological polar surface area (TPSA) is 26.0 Å². The zero-order chi connectivity index (χ0) is 10.2. The first-order chi connectivity index (χ1) is 6.61. The third-order valence-electron chi connectivity index (χ3n) is 2.88. The highest BCUT2D eigenvalue weighted by Gasteiger charge is 2.45. The van der Waals surface area contributed by atoms with Gasteiger partial charge in [-0.05, 0) is 24.5 Å². The van der Waals surface area contributed by atoms with E-state index < -0.39 is 11.8 Å². The van der Waals surface area contributed by atoms with Crippen LogP contribution < -0.4 is 5.73 Å². The summed E-state index contributed by atoms with van der Waals surface area (Å²) in [5.74, 6) is -3.25. The van der Waals surface area contributed by atoms with E-state index in [1.54, 1.807) is 24.3 Å². The average molecular weight is 197 g/mol. The lowest BCUT2D eigenvalue weighted by Crippen LogP contribution is -2.20. The van der Waals surface area contributed by atoms with E-state index in [4.69, 9.17) is 5.73 Å². The predicted molar refractivity (Wildman–Crippen MR) is 52.4 cm³/mol. The van der Waals surface area contributed by atoms with Crippen LogP contribution in [-0.4, -0.2) is 5.92 Å². The fourth-order valence-corrected chi connectivity index (χ4v) is 2.14. The van der Waals surface area contributed by atoms with Gasteiger partial charge in [0.2, 0.25) is 0 Å². The Morgan fingerprint density at radius 3 is 2.57 bits per heavy atom. The van der Waals surface area contributed by atoms with Gasteiger partial charge < -0.3 is 5.73 Å². The van der Waals surface area contributed by atoms with E-state index in [9.17, 15) is 8.78 Å². The number of para-hydroxylation sites is 1. The van der Waals surface area contributed by atoms with E-state index in [0.29, 0.717) is 24.1 Å². The molecular weight excluding hydrogens is 184 g/mol. The molecule has 1 aromatic carbocycles. The van der Waals surface area contributed by atoms with Crippen LogP contribution >= 0.6 is 0 Å². The predicted octanol–water partition coefficient (Wildman–Crippen LogP) is 3.17. The van der Waals surface area contributed by atoms with Gasteiger partial charge in [0.15, 0.2) is 0 Å². The smallest absolute Gasteiger partial charge is 0.254 e. The molecule has 1 fully saturated rings. The number of anilines is 1. The number of hydrogen-bond acceptors (Lipinski definition) is 1. The summed E-state index contributed by atoms with van der Waals surface area (Å²) in [6.45, 7) is 0. The molecule has 0 amide bonds. The van der Waals surface area contributed by atoms with Crippen LogP contribution in [0.3, 0.4) is 0 Å². The molecule has 0 bridgehead atoms. The normalized spacial score (nSPS) is 25.1. The molecule has 0 radical (unpaired) electrons. The minimum atomic E-state index is -2.57. The highest BCUT2D eigenvalue weighted by molar-refractivity contribution is 5.49. The molecule has 14 heavy (non-hydrogen) atoms. The maximum Gasteiger partial charge on any atom is 0.254 e. The summed E-state index contributed by atoms with van der Waals surface area (Å²) in [7, 11) is 0. The van der Waals surface area contributed by atoms with Crippen molar-refractivity contribution in [3.8, 4) is 0 Å². The number of benzene rings is 1. The van der Waals surface area contributed by atoms with Crippen LogP contribution in [0.5, 0.6) is 0 Å². The molecule has 76 valence electrons. The van der Waals surface area contributed by atoms with E-state index in [-0.39, 0.29) is 6.42 Å². The van der Waals surface area contributed by atoms with Crippen LogP contribution in [0.2, 0.25) is 0 Å². The van der Waals surface area contributed by atoms with Crippen molar-refractivity contribution in [1.82, 2.24) is 0 Å². The Labute approximate surface area is 81.9 Å². The van der Waals surface area contributed by atoms with E-state index in [0.717, 1.165) is 0 Å². The van der Waals surface area contributed by atoms with Crippen molar-refractivity contribution < 1.29 is 8.78 Å². The van der Waals surface area contributed by atoms with E-state index in [1.807, 2.05) is 0 Å². The monoisotopic (exact) mass is 197 g/mol. The third kappa shape index (κ3) is 1.47. The number of nitrogens with two attached hydrogens (primary N) is 1. The lowest BCUT2D eigenvalue weighted by Gasteiger charge is -2.20. The van der Waals surface area contributed by atoms with Crippen LogP contribution in [0.1, 0.15) is 30.7 Å². The van der Waals surface area contributed by atoms with E-state index >= 15 is 0 Å². The number of halogens is 2. The zero-order valence-electron chi connectivity index (χ0n) is 7.84. The van der Waals surface area contributed by atoms with Gasteiger partial charge in [0.1, 0.15) is 0 Å². The fraction of sp³-hybridized carbons (Fsp3) is 0.455. The molecule has 2 N–H and O–H groups in total. The minimum absolute atomic E-state index is 0.00794. The van der Waals surface area contributed by atoms with Gasteiger partial charge in [0.25, 0.3) is 5.92 Å². The van der Waals surface area contributed by atoms with Crippen LogP contribution in [0.15, 0.2) is 24.3 Å². The van der Waals surface area contributed by atoms with Crippen molar-refractivity contribution in [3.63, 3.8) is 0 Å². The molecular formula is C11H13F2N. The largest absolute Gasteiger partial charge is 0.398 e. The first-order valence-corrected chi connectivity index (χ1v) is 4.83. The second kappa shape index (κ2) is 3.23. The van der Waals surface area contributed by atoms with Crippen LogP contribution in [0.25, 0.3) is 0 Å². The quantitative estimate of drug-likeness (QED) is 0.687. The molecule has 1 aromatic rings. The molecule has 0 aromatic heterocycles. The van der Waals surface area contributed by atoms with Gasteiger partial charge in [0, 0.05) is 18.0 Å². The van der Waals surface area contributed by atoms with Crippen molar-refractivity contribution in [2.75, 3.05) is 5.73 Å². The number of alkyl halides is 2. The molecule has 1 saturated carbocycles. The summed E-state index contributed by atoms with van der Waals surface area (Å²) in [5, 5.41) is 0. The van der Waals surface area contributed by atoms with Gasteiger partial charge in [-0.2, -0.15) is 0 Å². The second-order valence-electron chi connectivity index (χ2n) is 3.83. The van der Waals surface area contributed by atoms with E-state index in [1.165, 1.54) is 0 Å². The van der Waals surface area contributed by atoms with Gasteiger partial charge in [-0.1, -0.05) is 18.2 Å². The van der Waals surface area contributed by atoms with E-state index in [2.05, 4.69) is 0 Å². The summed E-state index contributed by atoms with van der Waals surface area (Å²) in [6.07, 6.45) is 1.12. The van der Waals surface area contributed by atoms with Crippen molar-refractivity contribution >= 4 is 5.69 Å². The standard InChI is InChI=1S/C11H13F2N/c12-11(13)7-3-5-9(11)8-4-1-2-6-10(8)14/h1-2,4,6,9H,3,5,7,14H2. The maximum absolute atomic E-state index is 13.4. The Kier molecular flexibility index (Phi) is 2.17. The summed E-state index contributed by atoms with van der Waals surface area (Å²) in [6, 6.07) is 6.93. The summed E-state index contributed by atoms with van der Waals surface area (Å²) >= 11 is 0. The van der Waals surface area contributed by atoms with Gasteiger partial charge in [-0.15, -0.1) is 0 Å². The summed E-state index contributed by atoms with van der Waals surface area (Å²) in [4.78, 5) is 0. The number of rotatable bonds is 1. The number of hydrogen-bond donors (Lipinski definition) is 1. The molecule has 0 aliphatic heterocycles. The lowest BCUT2D eigenvalue weighted by molar-refractivity contribution is -0.00877. The molecule has 1 aliphatic rings. The van der Waals surface area contributed by atoms with Crippen LogP contribution in [0, 0.1) is 0 Å². The van der Waals surface area contributed by atoms with Crippen molar-refractivity contribution in [3.05, 3.63) is 29.8 Å². The van der Waals surface area contributed by atoms with Gasteiger partial charge in [-0.3, -0.25) is 0 Å². The number of nitrogen functional groups attached to an aromatic ring is 1. The SMILES string of the molecule is Nc1ccccc1C1CCCC1(F)F. The molecule has 2 rings (SSSR count). The molecule has 0 saturated heterocycles. The average Bonchev–Trinajstić information content (AvgIpc) is 2.46. The Bertz CT molecular complexity index is 336. The highest BCUT2D eigenvalue weighted by Crippen LogP contribution is 2.47. The molecule has 1 nitrogen and oxygen atoms in total. The Morgan fingerprint density at radius 1 is 1.29 bits per heavy atom. The van der Waals surface area contributed by atoms with Crippen molar-refractivity contribution in [2.24, 2.45) is 0 Å². The Balaban J connectivity index is 2.36. The Morgan fingerprint density at radius 2 is 2.00 bits per heavy atom. The van der Waals surface area contributed by atoms with Gasteiger partial charge in [-0.25, -0.2) is 8.78 Å². The molecule has 1 aliphatic carbocycles. The molecule has 0 spiro atoms. The molecule has 0 heterocycles. The molecule has 3 heteroatoms. The fourth-order valence-electron chi connectivity index (χ4n) is 2.14. The third-order valence-corrected chi connectivity index (χ3v) is 2.88. The maximum atomic E-state index is 13.4. The minimum Gasteiger partial charge on any atom is -0.398 e. The summed E-state index contributed by atoms with van der Waals surface area (Å²) < 4.78 is 26.8. The molecule has 1 atom stereocenters. The molecule has 1 unspecified atom stereocenters. The van der Waals surface area contributed by atoms with Gasteiger partial charge >= 0.3 is 0 Å². The zero-order valence-corrected chi connectivity index (χ0v) is 7.84. The van der Waals surface area contributed by atoms with Crippen molar-refractivity contribution in [2.45, 2.75) is 31.1 Å². The first-order valence-electron chi connectivity index (χ1n) is 4.83. The first kappa shape index (κ1) is 9.44. The van der Waals surface area contributed by atoms with Crippen LogP contribution in [-0.2, 0) is 0 Å². The lowest BCUT2D eigenvalue weighted by atomic mass is 9.94. The van der Waals surface area contributed by atoms with Gasteiger partial charge in [0.05, 0.1) is 0 Å². The second-order valence-corrected chi connectivity index (χ2v) is 3.83. The Hall–Kier alpha value is -1.12. The van der Waals surface area contributed by atoms with Crippen LogP contribution in [0.4, 0.5) is 14.5 Å².